The SMILES string of the molecule is CN1CCCCc2[nH]c3cccc4c3c2C(=NNC4=O)C1. The van der Waals surface area contributed by atoms with Crippen LogP contribution in [-0.2, 0) is 6.42 Å². The first-order valence-electron chi connectivity index (χ1n) is 7.43. The van der Waals surface area contributed by atoms with E-state index >= 15 is 0 Å². The van der Waals surface area contributed by atoms with Crippen LogP contribution < -0.4 is 5.43 Å². The Morgan fingerprint density at radius 2 is 2.19 bits per heavy atom. The smallest absolute Gasteiger partial charge is 0.272 e. The summed E-state index contributed by atoms with van der Waals surface area (Å²) in [7, 11) is 2.11. The largest absolute Gasteiger partial charge is 0.358 e. The third-order valence-corrected chi connectivity index (χ3v) is 4.36. The average molecular weight is 282 g/mol. The lowest BCUT2D eigenvalue weighted by Gasteiger charge is -2.15. The van der Waals surface area contributed by atoms with Crippen molar-refractivity contribution in [2.24, 2.45) is 5.10 Å². The number of likely N-dealkylation sites (N-methyl/N-ethyl adjacent to an activating group) is 1. The van der Waals surface area contributed by atoms with Gasteiger partial charge in [-0.05, 0) is 45.0 Å². The summed E-state index contributed by atoms with van der Waals surface area (Å²) in [4.78, 5) is 18.0. The van der Waals surface area contributed by atoms with E-state index in [0.717, 1.165) is 48.1 Å². The molecular formula is C16H18N4O. The van der Waals surface area contributed by atoms with E-state index in [1.807, 2.05) is 18.2 Å². The molecule has 0 aliphatic carbocycles. The molecule has 0 bridgehead atoms. The molecule has 0 saturated carbocycles. The number of carbonyl (C=O) groups is 1. The predicted octanol–water partition coefficient (Wildman–Crippen LogP) is 1.88. The topological polar surface area (TPSA) is 60.5 Å². The summed E-state index contributed by atoms with van der Waals surface area (Å²) >= 11 is 0. The highest BCUT2D eigenvalue weighted by atomic mass is 16.2. The fourth-order valence-corrected chi connectivity index (χ4v) is 3.36. The quantitative estimate of drug-likeness (QED) is 0.775. The van der Waals surface area contributed by atoms with E-state index in [0.29, 0.717) is 5.56 Å². The number of benzene rings is 1. The van der Waals surface area contributed by atoms with Crippen molar-refractivity contribution >= 4 is 22.5 Å². The van der Waals surface area contributed by atoms with Gasteiger partial charge in [0.2, 0.25) is 0 Å². The number of amides is 1. The van der Waals surface area contributed by atoms with Crippen molar-refractivity contribution in [2.45, 2.75) is 19.3 Å². The molecule has 5 nitrogen and oxygen atoms in total. The van der Waals surface area contributed by atoms with E-state index in [1.54, 1.807) is 0 Å². The van der Waals surface area contributed by atoms with E-state index in [-0.39, 0.29) is 5.91 Å². The third kappa shape index (κ3) is 1.96. The van der Waals surface area contributed by atoms with Crippen LogP contribution in [0.5, 0.6) is 0 Å². The zero-order valence-electron chi connectivity index (χ0n) is 12.1. The summed E-state index contributed by atoms with van der Waals surface area (Å²) in [6, 6.07) is 5.84. The van der Waals surface area contributed by atoms with E-state index in [2.05, 4.69) is 27.5 Å². The number of carbonyl (C=O) groups excluding carboxylic acids is 1. The Kier molecular flexibility index (Phi) is 2.82. The number of hydrogen-bond acceptors (Lipinski definition) is 3. The summed E-state index contributed by atoms with van der Waals surface area (Å²) < 4.78 is 0. The lowest BCUT2D eigenvalue weighted by molar-refractivity contribution is 0.0957. The highest BCUT2D eigenvalue weighted by Gasteiger charge is 2.25. The number of nitrogens with one attached hydrogen (secondary N) is 2. The minimum Gasteiger partial charge on any atom is -0.358 e. The molecule has 0 saturated heterocycles. The van der Waals surface area contributed by atoms with Crippen LogP contribution in [0.2, 0.25) is 0 Å². The van der Waals surface area contributed by atoms with E-state index in [1.165, 1.54) is 12.1 Å². The van der Waals surface area contributed by atoms with Gasteiger partial charge in [-0.1, -0.05) is 6.07 Å². The van der Waals surface area contributed by atoms with Gasteiger partial charge >= 0.3 is 0 Å². The Hall–Kier alpha value is -2.14. The third-order valence-electron chi connectivity index (χ3n) is 4.36. The van der Waals surface area contributed by atoms with Crippen molar-refractivity contribution < 1.29 is 4.79 Å². The molecule has 0 radical (unpaired) electrons. The van der Waals surface area contributed by atoms with Crippen LogP contribution in [0.3, 0.4) is 0 Å². The lowest BCUT2D eigenvalue weighted by Crippen LogP contribution is -2.28. The Morgan fingerprint density at radius 3 is 3.10 bits per heavy atom. The van der Waals surface area contributed by atoms with Gasteiger partial charge in [0.1, 0.15) is 0 Å². The van der Waals surface area contributed by atoms with Gasteiger partial charge in [-0.25, -0.2) is 5.43 Å². The normalized spacial score (nSPS) is 19.3. The number of H-pyrrole nitrogens is 1. The second kappa shape index (κ2) is 4.70. The maximum Gasteiger partial charge on any atom is 0.272 e. The first-order chi connectivity index (χ1) is 10.2. The summed E-state index contributed by atoms with van der Waals surface area (Å²) in [5, 5.41) is 5.42. The summed E-state index contributed by atoms with van der Waals surface area (Å²) in [5.41, 5.74) is 7.74. The minimum absolute atomic E-state index is 0.123. The summed E-state index contributed by atoms with van der Waals surface area (Å²) in [6.45, 7) is 1.82. The number of nitrogens with zero attached hydrogens (tertiary/aromatic N) is 2. The van der Waals surface area contributed by atoms with Crippen LogP contribution in [0.25, 0.3) is 10.9 Å². The molecule has 1 aromatic carbocycles. The molecule has 3 heterocycles. The second-order valence-electron chi connectivity index (χ2n) is 5.90. The Labute approximate surface area is 123 Å². The van der Waals surface area contributed by atoms with Crippen molar-refractivity contribution in [3.63, 3.8) is 0 Å². The van der Waals surface area contributed by atoms with Crippen molar-refractivity contribution in [3.05, 3.63) is 35.0 Å². The molecule has 5 heteroatoms. The van der Waals surface area contributed by atoms with Crippen LogP contribution in [-0.4, -0.2) is 41.6 Å². The van der Waals surface area contributed by atoms with Gasteiger partial charge < -0.3 is 9.88 Å². The van der Waals surface area contributed by atoms with Crippen LogP contribution >= 0.6 is 0 Å². The standard InChI is InChI=1S/C16H18N4O/c1-20-8-3-2-6-12-15-13(9-20)18-19-16(21)10-5-4-7-11(17-12)14(10)15/h4-5,7,17H,2-3,6,8-9H2,1H3,(H,19,21). The maximum absolute atomic E-state index is 12.3. The van der Waals surface area contributed by atoms with E-state index in [9.17, 15) is 4.79 Å². The number of rotatable bonds is 0. The molecule has 4 rings (SSSR count). The highest BCUT2D eigenvalue weighted by Crippen LogP contribution is 2.30. The number of hydrogen-bond donors (Lipinski definition) is 2. The van der Waals surface area contributed by atoms with E-state index in [4.69, 9.17) is 0 Å². The highest BCUT2D eigenvalue weighted by molar-refractivity contribution is 6.20. The molecule has 2 N–H and O–H groups in total. The lowest BCUT2D eigenvalue weighted by atomic mass is 9.99. The molecule has 108 valence electrons. The van der Waals surface area contributed by atoms with Gasteiger partial charge in [0.15, 0.2) is 0 Å². The van der Waals surface area contributed by atoms with Crippen LogP contribution in [0.4, 0.5) is 0 Å². The molecule has 2 aliphatic rings. The average Bonchev–Trinajstić information content (AvgIpc) is 2.80. The van der Waals surface area contributed by atoms with Gasteiger partial charge in [-0.15, -0.1) is 0 Å². The second-order valence-corrected chi connectivity index (χ2v) is 5.90. The fourth-order valence-electron chi connectivity index (χ4n) is 3.36. The maximum atomic E-state index is 12.3. The minimum atomic E-state index is -0.123. The Bertz CT molecular complexity index is 759. The zero-order chi connectivity index (χ0) is 14.4. The Morgan fingerprint density at radius 1 is 1.29 bits per heavy atom. The Balaban J connectivity index is 2.02. The van der Waals surface area contributed by atoms with Gasteiger partial charge in [-0.2, -0.15) is 5.10 Å². The number of aromatic amines is 1. The van der Waals surface area contributed by atoms with E-state index < -0.39 is 0 Å². The van der Waals surface area contributed by atoms with Crippen LogP contribution in [0.15, 0.2) is 23.3 Å². The zero-order valence-corrected chi connectivity index (χ0v) is 12.1. The molecule has 0 fully saturated rings. The van der Waals surface area contributed by atoms with Gasteiger partial charge in [0.25, 0.3) is 5.91 Å². The molecule has 0 unspecified atom stereocenters. The van der Waals surface area contributed by atoms with Crippen molar-refractivity contribution in [2.75, 3.05) is 20.1 Å². The molecule has 0 atom stereocenters. The van der Waals surface area contributed by atoms with Crippen LogP contribution in [0.1, 0.15) is 34.5 Å². The fraction of sp³-hybridized carbons (Fsp3) is 0.375. The number of aryl methyl sites for hydroxylation is 1. The molecular weight excluding hydrogens is 264 g/mol. The van der Waals surface area contributed by atoms with Crippen molar-refractivity contribution in [3.8, 4) is 0 Å². The molecule has 0 spiro atoms. The summed E-state index contributed by atoms with van der Waals surface area (Å²) in [6.07, 6.45) is 3.33. The molecule has 2 aliphatic heterocycles. The summed E-state index contributed by atoms with van der Waals surface area (Å²) in [5.74, 6) is -0.123. The first kappa shape index (κ1) is 12.6. The monoisotopic (exact) mass is 282 g/mol. The van der Waals surface area contributed by atoms with Gasteiger partial charge in [0, 0.05) is 28.7 Å². The molecule has 1 aromatic heterocycles. The molecule has 2 aromatic rings. The van der Waals surface area contributed by atoms with Crippen molar-refractivity contribution in [1.82, 2.24) is 15.3 Å². The number of hydrazone groups is 1. The van der Waals surface area contributed by atoms with Crippen LogP contribution in [0, 0.1) is 0 Å². The first-order valence-corrected chi connectivity index (χ1v) is 7.43. The predicted molar refractivity (Wildman–Crippen MR) is 82.7 cm³/mol. The molecule has 1 amide bonds. The molecule has 21 heavy (non-hydrogen) atoms. The van der Waals surface area contributed by atoms with Gasteiger partial charge in [-0.3, -0.25) is 4.79 Å². The number of aromatic nitrogens is 1. The van der Waals surface area contributed by atoms with Gasteiger partial charge in [0.05, 0.1) is 11.3 Å². The van der Waals surface area contributed by atoms with Crippen molar-refractivity contribution in [1.29, 1.82) is 0 Å².